The van der Waals surface area contributed by atoms with Crippen LogP contribution in [0.1, 0.15) is 22.3 Å². The van der Waals surface area contributed by atoms with Crippen LogP contribution < -0.4 is 0 Å². The number of hydrogen-bond acceptors (Lipinski definition) is 3. The summed E-state index contributed by atoms with van der Waals surface area (Å²) in [5, 5.41) is 4.69. The van der Waals surface area contributed by atoms with Crippen molar-refractivity contribution in [2.75, 3.05) is 0 Å². The van der Waals surface area contributed by atoms with Crippen LogP contribution in [0.2, 0.25) is 0 Å². The van der Waals surface area contributed by atoms with Gasteiger partial charge in [0.1, 0.15) is 11.2 Å². The van der Waals surface area contributed by atoms with Gasteiger partial charge in [-0.3, -0.25) is 0 Å². The molecule has 3 nitrogen and oxygen atoms in total. The molecule has 2 aromatic heterocycles. The van der Waals surface area contributed by atoms with Crippen LogP contribution >= 0.6 is 0 Å². The SMILES string of the molecule is c1ccc(-c2nc(-c3ccc(-c4ccc5oc6ccc7ccccc7c6c5c4)cc3)cc(-c3ccc4c(c3)-c3ccccc3C4(c3ccccc3)c3ccccc3)n2)cc1. The predicted molar refractivity (Wildman–Crippen MR) is 246 cm³/mol. The van der Waals surface area contributed by atoms with Crippen LogP contribution in [-0.2, 0) is 5.41 Å². The van der Waals surface area contributed by atoms with Crippen LogP contribution in [0.25, 0.3) is 88.9 Å². The zero-order chi connectivity index (χ0) is 39.6. The first-order chi connectivity index (χ1) is 29.7. The third kappa shape index (κ3) is 5.30. The molecule has 0 N–H and O–H groups in total. The van der Waals surface area contributed by atoms with Crippen molar-refractivity contribution in [1.29, 1.82) is 0 Å². The minimum absolute atomic E-state index is 0.455. The summed E-state index contributed by atoms with van der Waals surface area (Å²) in [4.78, 5) is 10.4. The third-order valence-corrected chi connectivity index (χ3v) is 12.4. The summed E-state index contributed by atoms with van der Waals surface area (Å²) in [6.45, 7) is 0. The van der Waals surface area contributed by atoms with E-state index in [1.54, 1.807) is 0 Å². The molecule has 0 fully saturated rings. The summed E-state index contributed by atoms with van der Waals surface area (Å²) in [6, 6.07) is 78.0. The Morgan fingerprint density at radius 2 is 0.933 bits per heavy atom. The van der Waals surface area contributed by atoms with Crippen molar-refractivity contribution in [3.8, 4) is 56.2 Å². The van der Waals surface area contributed by atoms with Gasteiger partial charge in [0.2, 0.25) is 0 Å². The second-order valence-corrected chi connectivity index (χ2v) is 15.7. The fraction of sp³-hybridized carbons (Fsp3) is 0.0175. The molecular weight excluding hydrogens is 729 g/mol. The van der Waals surface area contributed by atoms with E-state index in [9.17, 15) is 0 Å². The highest BCUT2D eigenvalue weighted by Gasteiger charge is 2.46. The summed E-state index contributed by atoms with van der Waals surface area (Å²) >= 11 is 0. The van der Waals surface area contributed by atoms with Gasteiger partial charge in [0.25, 0.3) is 0 Å². The van der Waals surface area contributed by atoms with Crippen molar-refractivity contribution in [3.63, 3.8) is 0 Å². The molecule has 0 saturated heterocycles. The van der Waals surface area contributed by atoms with Crippen LogP contribution in [0.15, 0.2) is 223 Å². The predicted octanol–water partition coefficient (Wildman–Crippen LogP) is 14.6. The third-order valence-electron chi connectivity index (χ3n) is 12.4. The van der Waals surface area contributed by atoms with Crippen molar-refractivity contribution >= 4 is 32.7 Å². The number of benzene rings is 9. The Morgan fingerprint density at radius 1 is 0.350 bits per heavy atom. The molecule has 0 spiro atoms. The number of aromatic nitrogens is 2. The summed E-state index contributed by atoms with van der Waals surface area (Å²) in [7, 11) is 0. The minimum atomic E-state index is -0.455. The molecule has 0 unspecified atom stereocenters. The van der Waals surface area contributed by atoms with E-state index in [0.717, 1.165) is 61.1 Å². The van der Waals surface area contributed by atoms with E-state index >= 15 is 0 Å². The molecule has 0 radical (unpaired) electrons. The second kappa shape index (κ2) is 13.6. The molecule has 0 atom stereocenters. The standard InChI is InChI=1S/C57H36N2O/c1-4-15-40(16-5-1)56-58-51(39-26-24-37(25-27-39)41-30-32-53-48(34-41)55-45-21-11-10-14-38(45)29-33-54(55)60-53)36-52(59-56)42-28-31-50-47(35-42)46-22-12-13-23-49(46)57(50,43-17-6-2-7-18-43)44-19-8-3-9-20-44/h1-36H. The van der Waals surface area contributed by atoms with Gasteiger partial charge in [0.15, 0.2) is 5.82 Å². The quantitative estimate of drug-likeness (QED) is 0.169. The Hall–Kier alpha value is -7.88. The van der Waals surface area contributed by atoms with Gasteiger partial charge >= 0.3 is 0 Å². The maximum Gasteiger partial charge on any atom is 0.160 e. The summed E-state index contributed by atoms with van der Waals surface area (Å²) in [5.74, 6) is 0.695. The Morgan fingerprint density at radius 3 is 1.70 bits per heavy atom. The maximum atomic E-state index is 6.30. The van der Waals surface area contributed by atoms with E-state index in [0.29, 0.717) is 5.82 Å². The summed E-state index contributed by atoms with van der Waals surface area (Å²) < 4.78 is 6.30. The fourth-order valence-corrected chi connectivity index (χ4v) is 9.63. The molecule has 0 aliphatic heterocycles. The first kappa shape index (κ1) is 34.2. The highest BCUT2D eigenvalue weighted by molar-refractivity contribution is 6.19. The van der Waals surface area contributed by atoms with Gasteiger partial charge in [0, 0.05) is 27.5 Å². The molecule has 0 amide bonds. The van der Waals surface area contributed by atoms with E-state index in [-0.39, 0.29) is 0 Å². The maximum absolute atomic E-state index is 6.30. The van der Waals surface area contributed by atoms with E-state index in [1.807, 2.05) is 18.2 Å². The lowest BCUT2D eigenvalue weighted by Gasteiger charge is -2.33. The average Bonchev–Trinajstić information content (AvgIpc) is 3.86. The van der Waals surface area contributed by atoms with Crippen molar-refractivity contribution in [2.45, 2.75) is 5.41 Å². The topological polar surface area (TPSA) is 38.9 Å². The van der Waals surface area contributed by atoms with Crippen LogP contribution in [0.4, 0.5) is 0 Å². The van der Waals surface area contributed by atoms with E-state index in [1.165, 1.54) is 44.2 Å². The largest absolute Gasteiger partial charge is 0.456 e. The number of fused-ring (bicyclic) bond motifs is 8. The number of rotatable bonds is 6. The zero-order valence-electron chi connectivity index (χ0n) is 32.6. The fourth-order valence-electron chi connectivity index (χ4n) is 9.63. The zero-order valence-corrected chi connectivity index (χ0v) is 32.6. The van der Waals surface area contributed by atoms with Crippen molar-refractivity contribution in [3.05, 3.63) is 241 Å². The molecular formula is C57H36N2O. The molecule has 12 rings (SSSR count). The Kier molecular flexibility index (Phi) is 7.76. The molecule has 0 bridgehead atoms. The smallest absolute Gasteiger partial charge is 0.160 e. The van der Waals surface area contributed by atoms with E-state index < -0.39 is 5.41 Å². The molecule has 2 heterocycles. The summed E-state index contributed by atoms with van der Waals surface area (Å²) in [6.07, 6.45) is 0. The normalized spacial score (nSPS) is 12.8. The van der Waals surface area contributed by atoms with E-state index in [4.69, 9.17) is 14.4 Å². The Balaban J connectivity index is 0.982. The van der Waals surface area contributed by atoms with Crippen molar-refractivity contribution < 1.29 is 4.42 Å². The number of hydrogen-bond donors (Lipinski definition) is 0. The van der Waals surface area contributed by atoms with Crippen molar-refractivity contribution in [2.24, 2.45) is 0 Å². The van der Waals surface area contributed by atoms with Crippen LogP contribution in [-0.4, -0.2) is 9.97 Å². The van der Waals surface area contributed by atoms with Crippen molar-refractivity contribution in [1.82, 2.24) is 9.97 Å². The van der Waals surface area contributed by atoms with Crippen LogP contribution in [0.5, 0.6) is 0 Å². The van der Waals surface area contributed by atoms with Gasteiger partial charge < -0.3 is 4.42 Å². The molecule has 9 aromatic carbocycles. The highest BCUT2D eigenvalue weighted by atomic mass is 16.3. The Labute approximate surface area is 347 Å². The molecule has 1 aliphatic carbocycles. The van der Waals surface area contributed by atoms with Crippen LogP contribution in [0, 0.1) is 0 Å². The van der Waals surface area contributed by atoms with Gasteiger partial charge in [0.05, 0.1) is 16.8 Å². The first-order valence-corrected chi connectivity index (χ1v) is 20.5. The molecule has 1 aliphatic rings. The molecule has 60 heavy (non-hydrogen) atoms. The molecule has 280 valence electrons. The minimum Gasteiger partial charge on any atom is -0.456 e. The second-order valence-electron chi connectivity index (χ2n) is 15.7. The lowest BCUT2D eigenvalue weighted by Crippen LogP contribution is -2.28. The Bertz CT molecular complexity index is 3370. The lowest BCUT2D eigenvalue weighted by molar-refractivity contribution is 0.669. The molecule has 11 aromatic rings. The molecule has 0 saturated carbocycles. The highest BCUT2D eigenvalue weighted by Crippen LogP contribution is 2.56. The van der Waals surface area contributed by atoms with Gasteiger partial charge in [-0.05, 0) is 85.6 Å². The van der Waals surface area contributed by atoms with Gasteiger partial charge in [-0.1, -0.05) is 188 Å². The van der Waals surface area contributed by atoms with Gasteiger partial charge in [-0.25, -0.2) is 9.97 Å². The number of nitrogens with zero attached hydrogens (tertiary/aromatic N) is 2. The van der Waals surface area contributed by atoms with Gasteiger partial charge in [-0.2, -0.15) is 0 Å². The molecule has 3 heteroatoms. The lowest BCUT2D eigenvalue weighted by atomic mass is 9.67. The monoisotopic (exact) mass is 764 g/mol. The first-order valence-electron chi connectivity index (χ1n) is 20.5. The summed E-state index contributed by atoms with van der Waals surface area (Å²) in [5.41, 5.74) is 15.9. The number of furan rings is 1. The average molecular weight is 765 g/mol. The van der Waals surface area contributed by atoms with E-state index in [2.05, 4.69) is 200 Å². The van der Waals surface area contributed by atoms with Crippen LogP contribution in [0.3, 0.4) is 0 Å². The van der Waals surface area contributed by atoms with Gasteiger partial charge in [-0.15, -0.1) is 0 Å².